The molecule has 0 saturated heterocycles. The number of imidazole rings is 1. The van der Waals surface area contributed by atoms with Crippen LogP contribution in [0.2, 0.25) is 0 Å². The Bertz CT molecular complexity index is 1110. The fourth-order valence-corrected chi connectivity index (χ4v) is 3.28. The Labute approximate surface area is 165 Å². The quantitative estimate of drug-likeness (QED) is 0.473. The molecule has 4 aromatic rings. The molecule has 2 aromatic heterocycles. The number of para-hydroxylation sites is 2. The lowest BCUT2D eigenvalue weighted by molar-refractivity contribution is -0.111. The summed E-state index contributed by atoms with van der Waals surface area (Å²) < 4.78 is 5.78. The highest BCUT2D eigenvalue weighted by molar-refractivity contribution is 7.09. The zero-order valence-corrected chi connectivity index (χ0v) is 16.0. The maximum Gasteiger partial charge on any atom is 0.250 e. The van der Waals surface area contributed by atoms with E-state index in [1.807, 2.05) is 60.8 Å². The minimum absolute atomic E-state index is 0.261. The molecule has 2 aromatic carbocycles. The number of hydrogen-bond acceptors (Lipinski definition) is 5. The third-order valence-corrected chi connectivity index (χ3v) is 4.79. The van der Waals surface area contributed by atoms with E-state index in [-0.39, 0.29) is 5.91 Å². The Morgan fingerprint density at radius 1 is 1.21 bits per heavy atom. The van der Waals surface area contributed by atoms with E-state index in [1.54, 1.807) is 17.4 Å². The van der Waals surface area contributed by atoms with E-state index in [2.05, 4.69) is 20.3 Å². The Morgan fingerprint density at radius 3 is 2.93 bits per heavy atom. The van der Waals surface area contributed by atoms with Crippen LogP contribution in [0, 0.1) is 6.92 Å². The minimum Gasteiger partial charge on any atom is -0.487 e. The number of rotatable bonds is 6. The summed E-state index contributed by atoms with van der Waals surface area (Å²) in [4.78, 5) is 23.9. The summed E-state index contributed by atoms with van der Waals surface area (Å²) >= 11 is 1.60. The van der Waals surface area contributed by atoms with Crippen LogP contribution in [-0.4, -0.2) is 20.9 Å². The highest BCUT2D eigenvalue weighted by Gasteiger charge is 2.04. The summed E-state index contributed by atoms with van der Waals surface area (Å²) in [5, 5.41) is 5.74. The van der Waals surface area contributed by atoms with Crippen LogP contribution in [0.25, 0.3) is 17.1 Å². The molecule has 140 valence electrons. The number of benzene rings is 2. The first-order valence-corrected chi connectivity index (χ1v) is 9.61. The van der Waals surface area contributed by atoms with Gasteiger partial charge in [-0.15, -0.1) is 11.3 Å². The third kappa shape index (κ3) is 4.44. The Morgan fingerprint density at radius 2 is 2.11 bits per heavy atom. The molecule has 0 aliphatic heterocycles. The smallest absolute Gasteiger partial charge is 0.250 e. The SMILES string of the molecule is Cc1nc(COc2cccc(/C=C/C(=O)Nc3nc4ccccc4[nH]3)c2)cs1. The first-order valence-electron chi connectivity index (χ1n) is 8.73. The van der Waals surface area contributed by atoms with Crippen molar-refractivity contribution >= 4 is 40.3 Å². The molecule has 0 radical (unpaired) electrons. The number of thiazole rings is 1. The standard InChI is InChI=1S/C21H18N4O2S/c1-14-22-16(13-28-14)12-27-17-6-4-5-15(11-17)9-10-20(26)25-21-23-18-7-2-3-8-19(18)24-21/h2-11,13H,12H2,1H3,(H2,23,24,25,26)/b10-9+. The third-order valence-electron chi connectivity index (χ3n) is 3.97. The second-order valence-corrected chi connectivity index (χ2v) is 7.21. The van der Waals surface area contributed by atoms with Crippen LogP contribution in [-0.2, 0) is 11.4 Å². The van der Waals surface area contributed by atoms with Crippen LogP contribution < -0.4 is 10.1 Å². The van der Waals surface area contributed by atoms with Crippen molar-refractivity contribution in [3.8, 4) is 5.75 Å². The van der Waals surface area contributed by atoms with Gasteiger partial charge in [-0.2, -0.15) is 0 Å². The molecule has 0 atom stereocenters. The first kappa shape index (κ1) is 17.9. The lowest BCUT2D eigenvalue weighted by Gasteiger charge is -2.05. The molecule has 2 heterocycles. The van der Waals surface area contributed by atoms with Crippen molar-refractivity contribution in [2.75, 3.05) is 5.32 Å². The maximum absolute atomic E-state index is 12.2. The fraction of sp³-hybridized carbons (Fsp3) is 0.0952. The van der Waals surface area contributed by atoms with Crippen LogP contribution in [0.3, 0.4) is 0 Å². The second-order valence-electron chi connectivity index (χ2n) is 6.14. The van der Waals surface area contributed by atoms with E-state index < -0.39 is 0 Å². The van der Waals surface area contributed by atoms with Gasteiger partial charge in [0.15, 0.2) is 0 Å². The van der Waals surface area contributed by atoms with Gasteiger partial charge in [-0.3, -0.25) is 10.1 Å². The van der Waals surface area contributed by atoms with Crippen molar-refractivity contribution < 1.29 is 9.53 Å². The molecule has 6 nitrogen and oxygen atoms in total. The normalized spacial score (nSPS) is 11.2. The topological polar surface area (TPSA) is 79.9 Å². The number of ether oxygens (including phenoxy) is 1. The number of aryl methyl sites for hydroxylation is 1. The number of hydrogen-bond donors (Lipinski definition) is 2. The number of carbonyl (C=O) groups excluding carboxylic acids is 1. The van der Waals surface area contributed by atoms with Gasteiger partial charge in [0.05, 0.1) is 21.7 Å². The number of aromatic amines is 1. The zero-order valence-electron chi connectivity index (χ0n) is 15.2. The van der Waals surface area contributed by atoms with E-state index in [4.69, 9.17) is 4.74 Å². The van der Waals surface area contributed by atoms with Crippen molar-refractivity contribution in [2.24, 2.45) is 0 Å². The Kier molecular flexibility index (Phi) is 5.16. The average Bonchev–Trinajstić information content (AvgIpc) is 3.30. The van der Waals surface area contributed by atoms with Crippen LogP contribution in [0.1, 0.15) is 16.3 Å². The first-order chi connectivity index (χ1) is 13.7. The lowest BCUT2D eigenvalue weighted by atomic mass is 10.2. The molecule has 1 amide bonds. The predicted molar refractivity (Wildman–Crippen MR) is 111 cm³/mol. The Hall–Kier alpha value is -3.45. The molecule has 0 aliphatic carbocycles. The summed E-state index contributed by atoms with van der Waals surface area (Å²) in [6.45, 7) is 2.39. The van der Waals surface area contributed by atoms with Crippen molar-refractivity contribution in [1.82, 2.24) is 15.0 Å². The highest BCUT2D eigenvalue weighted by atomic mass is 32.1. The molecule has 0 fully saturated rings. The molecular weight excluding hydrogens is 372 g/mol. The monoisotopic (exact) mass is 390 g/mol. The molecule has 2 N–H and O–H groups in total. The summed E-state index contributed by atoms with van der Waals surface area (Å²) in [6.07, 6.45) is 3.20. The summed E-state index contributed by atoms with van der Waals surface area (Å²) in [7, 11) is 0. The van der Waals surface area contributed by atoms with Crippen molar-refractivity contribution in [1.29, 1.82) is 0 Å². The van der Waals surface area contributed by atoms with Gasteiger partial charge in [0.2, 0.25) is 5.95 Å². The largest absolute Gasteiger partial charge is 0.487 e. The molecule has 7 heteroatoms. The number of fused-ring (bicyclic) bond motifs is 1. The van der Waals surface area contributed by atoms with E-state index in [1.165, 1.54) is 6.08 Å². The van der Waals surface area contributed by atoms with Crippen LogP contribution in [0.4, 0.5) is 5.95 Å². The van der Waals surface area contributed by atoms with Gasteiger partial charge in [-0.05, 0) is 42.8 Å². The van der Waals surface area contributed by atoms with E-state index in [9.17, 15) is 4.79 Å². The number of carbonyl (C=O) groups is 1. The second kappa shape index (κ2) is 8.06. The van der Waals surface area contributed by atoms with Gasteiger partial charge in [-0.25, -0.2) is 9.97 Å². The number of nitrogens with zero attached hydrogens (tertiary/aromatic N) is 2. The van der Waals surface area contributed by atoms with Crippen molar-refractivity contribution in [2.45, 2.75) is 13.5 Å². The van der Waals surface area contributed by atoms with Crippen molar-refractivity contribution in [3.05, 3.63) is 76.3 Å². The average molecular weight is 390 g/mol. The molecule has 4 rings (SSSR count). The van der Waals surface area contributed by atoms with Gasteiger partial charge in [0, 0.05) is 11.5 Å². The molecule has 28 heavy (non-hydrogen) atoms. The molecule has 0 saturated carbocycles. The summed E-state index contributed by atoms with van der Waals surface area (Å²) in [6, 6.07) is 15.2. The van der Waals surface area contributed by atoms with E-state index >= 15 is 0 Å². The zero-order chi connectivity index (χ0) is 19.3. The number of nitrogens with one attached hydrogen (secondary N) is 2. The maximum atomic E-state index is 12.2. The van der Waals surface area contributed by atoms with Gasteiger partial charge in [-0.1, -0.05) is 24.3 Å². The molecular formula is C21H18N4O2S. The highest BCUT2D eigenvalue weighted by Crippen LogP contribution is 2.17. The lowest BCUT2D eigenvalue weighted by Crippen LogP contribution is -2.08. The molecule has 0 spiro atoms. The fourth-order valence-electron chi connectivity index (χ4n) is 2.68. The van der Waals surface area contributed by atoms with E-state index in [0.29, 0.717) is 12.6 Å². The number of H-pyrrole nitrogens is 1. The molecule has 0 bridgehead atoms. The van der Waals surface area contributed by atoms with Gasteiger partial charge in [0.25, 0.3) is 5.91 Å². The van der Waals surface area contributed by atoms with Gasteiger partial charge >= 0.3 is 0 Å². The van der Waals surface area contributed by atoms with Crippen LogP contribution >= 0.6 is 11.3 Å². The molecule has 0 unspecified atom stereocenters. The number of aromatic nitrogens is 3. The number of anilines is 1. The van der Waals surface area contributed by atoms with Gasteiger partial charge in [0.1, 0.15) is 12.4 Å². The van der Waals surface area contributed by atoms with Crippen LogP contribution in [0.5, 0.6) is 5.75 Å². The van der Waals surface area contributed by atoms with E-state index in [0.717, 1.165) is 33.0 Å². The summed E-state index contributed by atoms with van der Waals surface area (Å²) in [5.74, 6) is 0.889. The van der Waals surface area contributed by atoms with Crippen molar-refractivity contribution in [3.63, 3.8) is 0 Å². The predicted octanol–water partition coefficient (Wildman–Crippen LogP) is 4.56. The van der Waals surface area contributed by atoms with Gasteiger partial charge < -0.3 is 9.72 Å². The minimum atomic E-state index is -0.261. The van der Waals surface area contributed by atoms with Crippen LogP contribution in [0.15, 0.2) is 60.0 Å². The number of amides is 1. The summed E-state index contributed by atoms with van der Waals surface area (Å²) in [5.41, 5.74) is 3.46. The molecule has 0 aliphatic rings. The Balaban J connectivity index is 1.37.